The van der Waals surface area contributed by atoms with Gasteiger partial charge in [0.15, 0.2) is 0 Å². The molecule has 0 aliphatic heterocycles. The maximum absolute atomic E-state index is 6.09. The fourth-order valence-corrected chi connectivity index (χ4v) is 2.11. The number of ether oxygens (including phenoxy) is 2. The van der Waals surface area contributed by atoms with Crippen LogP contribution in [-0.2, 0) is 4.74 Å². The zero-order valence-electron chi connectivity index (χ0n) is 9.30. The molecule has 3 atom stereocenters. The first kappa shape index (κ1) is 11.7. The number of halogens is 1. The summed E-state index contributed by atoms with van der Waals surface area (Å²) in [5.74, 6) is 0.779. The summed E-state index contributed by atoms with van der Waals surface area (Å²) < 4.78 is 11.4. The van der Waals surface area contributed by atoms with Gasteiger partial charge in [-0.15, -0.1) is 11.6 Å². The van der Waals surface area contributed by atoms with Gasteiger partial charge in [-0.05, 0) is 18.6 Å². The van der Waals surface area contributed by atoms with E-state index in [1.54, 1.807) is 12.4 Å². The van der Waals surface area contributed by atoms with Gasteiger partial charge < -0.3 is 9.47 Å². The van der Waals surface area contributed by atoms with Crippen LogP contribution >= 0.6 is 11.6 Å². The Morgan fingerprint density at radius 1 is 1.56 bits per heavy atom. The second kappa shape index (κ2) is 5.51. The zero-order valence-corrected chi connectivity index (χ0v) is 10.1. The standard InChI is InChI=1S/C12H16ClNO2/c1-2-6-15-12-10(13)7-11(12)16-9-4-3-5-14-8-9/h3-5,8,10-12H,2,6-7H2,1H3. The molecule has 1 aliphatic carbocycles. The monoisotopic (exact) mass is 241 g/mol. The minimum atomic E-state index is 0.0156. The molecular formula is C12H16ClNO2. The van der Waals surface area contributed by atoms with E-state index < -0.39 is 0 Å². The molecule has 0 spiro atoms. The Hall–Kier alpha value is -0.800. The molecule has 1 aliphatic rings. The minimum absolute atomic E-state index is 0.0156. The van der Waals surface area contributed by atoms with Crippen molar-refractivity contribution >= 4 is 11.6 Å². The molecule has 3 unspecified atom stereocenters. The van der Waals surface area contributed by atoms with Crippen LogP contribution in [-0.4, -0.2) is 29.2 Å². The molecule has 16 heavy (non-hydrogen) atoms. The first-order valence-corrected chi connectivity index (χ1v) is 6.07. The quantitative estimate of drug-likeness (QED) is 0.743. The van der Waals surface area contributed by atoms with Crippen molar-refractivity contribution < 1.29 is 9.47 Å². The number of hydrogen-bond donors (Lipinski definition) is 0. The van der Waals surface area contributed by atoms with Gasteiger partial charge in [-0.3, -0.25) is 4.98 Å². The summed E-state index contributed by atoms with van der Waals surface area (Å²) in [6.07, 6.45) is 5.35. The average Bonchev–Trinajstić information content (AvgIpc) is 2.30. The Kier molecular flexibility index (Phi) is 4.02. The van der Waals surface area contributed by atoms with Gasteiger partial charge in [-0.25, -0.2) is 0 Å². The first-order chi connectivity index (χ1) is 7.81. The molecular weight excluding hydrogens is 226 g/mol. The third-order valence-corrected chi connectivity index (χ3v) is 3.04. The second-order valence-corrected chi connectivity index (χ2v) is 4.49. The molecule has 0 N–H and O–H groups in total. The molecule has 0 bridgehead atoms. The van der Waals surface area contributed by atoms with Gasteiger partial charge in [0.05, 0.1) is 11.6 Å². The lowest BCUT2D eigenvalue weighted by Crippen LogP contribution is -2.52. The zero-order chi connectivity index (χ0) is 11.4. The van der Waals surface area contributed by atoms with Crippen molar-refractivity contribution in [3.05, 3.63) is 24.5 Å². The SMILES string of the molecule is CCCOC1C(Cl)CC1Oc1cccnc1. The Morgan fingerprint density at radius 3 is 3.06 bits per heavy atom. The predicted octanol–water partition coefficient (Wildman–Crippen LogP) is 2.64. The number of rotatable bonds is 5. The van der Waals surface area contributed by atoms with Crippen LogP contribution in [0, 0.1) is 0 Å². The topological polar surface area (TPSA) is 31.4 Å². The Morgan fingerprint density at radius 2 is 2.44 bits per heavy atom. The Labute approximate surface area is 101 Å². The van der Waals surface area contributed by atoms with E-state index in [2.05, 4.69) is 11.9 Å². The molecule has 1 saturated carbocycles. The molecule has 0 saturated heterocycles. The van der Waals surface area contributed by atoms with E-state index in [9.17, 15) is 0 Å². The van der Waals surface area contributed by atoms with E-state index in [-0.39, 0.29) is 17.6 Å². The predicted molar refractivity (Wildman–Crippen MR) is 62.9 cm³/mol. The van der Waals surface area contributed by atoms with E-state index in [0.717, 1.165) is 25.2 Å². The summed E-state index contributed by atoms with van der Waals surface area (Å²) in [5, 5.41) is 0.0771. The second-order valence-electron chi connectivity index (χ2n) is 3.93. The van der Waals surface area contributed by atoms with Crippen LogP contribution in [0.3, 0.4) is 0 Å². The lowest BCUT2D eigenvalue weighted by Gasteiger charge is -2.40. The van der Waals surface area contributed by atoms with Crippen molar-refractivity contribution in [1.29, 1.82) is 0 Å². The molecule has 1 fully saturated rings. The van der Waals surface area contributed by atoms with Gasteiger partial charge in [0.25, 0.3) is 0 Å². The molecule has 88 valence electrons. The third kappa shape index (κ3) is 2.66. The van der Waals surface area contributed by atoms with Gasteiger partial charge in [-0.2, -0.15) is 0 Å². The number of aromatic nitrogens is 1. The molecule has 4 heteroatoms. The summed E-state index contributed by atoms with van der Waals surface area (Å²) in [6, 6.07) is 3.75. The van der Waals surface area contributed by atoms with E-state index in [1.807, 2.05) is 12.1 Å². The van der Waals surface area contributed by atoms with Crippen molar-refractivity contribution in [3.8, 4) is 5.75 Å². The average molecular weight is 242 g/mol. The fraction of sp³-hybridized carbons (Fsp3) is 0.583. The smallest absolute Gasteiger partial charge is 0.138 e. The van der Waals surface area contributed by atoms with Crippen molar-refractivity contribution in [2.24, 2.45) is 0 Å². The Balaban J connectivity index is 1.86. The maximum Gasteiger partial charge on any atom is 0.138 e. The number of pyridine rings is 1. The van der Waals surface area contributed by atoms with Crippen LogP contribution in [0.15, 0.2) is 24.5 Å². The van der Waals surface area contributed by atoms with E-state index in [4.69, 9.17) is 21.1 Å². The van der Waals surface area contributed by atoms with Gasteiger partial charge in [0.2, 0.25) is 0 Å². The molecule has 0 amide bonds. The first-order valence-electron chi connectivity index (χ1n) is 5.63. The lowest BCUT2D eigenvalue weighted by atomic mass is 9.91. The van der Waals surface area contributed by atoms with E-state index in [0.29, 0.717) is 0 Å². The molecule has 1 aromatic heterocycles. The number of hydrogen-bond acceptors (Lipinski definition) is 3. The van der Waals surface area contributed by atoms with Crippen LogP contribution in [0.2, 0.25) is 0 Å². The highest BCUT2D eigenvalue weighted by Crippen LogP contribution is 2.32. The normalized spacial score (nSPS) is 28.5. The van der Waals surface area contributed by atoms with Crippen LogP contribution in [0.25, 0.3) is 0 Å². The van der Waals surface area contributed by atoms with Crippen molar-refractivity contribution in [1.82, 2.24) is 4.98 Å². The molecule has 0 radical (unpaired) electrons. The molecule has 2 rings (SSSR count). The van der Waals surface area contributed by atoms with Crippen LogP contribution in [0.5, 0.6) is 5.75 Å². The summed E-state index contributed by atoms with van der Waals surface area (Å²) in [6.45, 7) is 2.82. The highest BCUT2D eigenvalue weighted by molar-refractivity contribution is 6.21. The molecule has 1 heterocycles. The summed E-state index contributed by atoms with van der Waals surface area (Å²) in [4.78, 5) is 4.00. The number of alkyl halides is 1. The molecule has 3 nitrogen and oxygen atoms in total. The maximum atomic E-state index is 6.09. The minimum Gasteiger partial charge on any atom is -0.486 e. The highest BCUT2D eigenvalue weighted by Gasteiger charge is 2.42. The van der Waals surface area contributed by atoms with Gasteiger partial charge in [0, 0.05) is 19.2 Å². The molecule has 0 aromatic carbocycles. The van der Waals surface area contributed by atoms with Crippen molar-refractivity contribution in [2.45, 2.75) is 37.4 Å². The van der Waals surface area contributed by atoms with E-state index in [1.165, 1.54) is 0 Å². The largest absolute Gasteiger partial charge is 0.486 e. The Bertz CT molecular complexity index is 320. The van der Waals surface area contributed by atoms with Crippen LogP contribution in [0.4, 0.5) is 0 Å². The van der Waals surface area contributed by atoms with Gasteiger partial charge in [0.1, 0.15) is 18.0 Å². The molecule has 1 aromatic rings. The number of nitrogens with zero attached hydrogens (tertiary/aromatic N) is 1. The van der Waals surface area contributed by atoms with Gasteiger partial charge >= 0.3 is 0 Å². The summed E-state index contributed by atoms with van der Waals surface area (Å²) in [5.41, 5.74) is 0. The van der Waals surface area contributed by atoms with Gasteiger partial charge in [-0.1, -0.05) is 6.92 Å². The third-order valence-electron chi connectivity index (χ3n) is 2.62. The summed E-state index contributed by atoms with van der Waals surface area (Å²) in [7, 11) is 0. The van der Waals surface area contributed by atoms with Crippen molar-refractivity contribution in [2.75, 3.05) is 6.61 Å². The van der Waals surface area contributed by atoms with Crippen molar-refractivity contribution in [3.63, 3.8) is 0 Å². The fourth-order valence-electron chi connectivity index (χ4n) is 1.70. The van der Waals surface area contributed by atoms with Crippen LogP contribution < -0.4 is 4.74 Å². The lowest BCUT2D eigenvalue weighted by molar-refractivity contribution is -0.0798. The highest BCUT2D eigenvalue weighted by atomic mass is 35.5. The summed E-state index contributed by atoms with van der Waals surface area (Å²) >= 11 is 6.09. The van der Waals surface area contributed by atoms with E-state index >= 15 is 0 Å². The van der Waals surface area contributed by atoms with Crippen LogP contribution in [0.1, 0.15) is 19.8 Å².